The first-order valence-corrected chi connectivity index (χ1v) is 6.99. The molecule has 0 spiro atoms. The summed E-state index contributed by atoms with van der Waals surface area (Å²) in [5, 5.41) is 0.801. The van der Waals surface area contributed by atoms with Gasteiger partial charge in [-0.25, -0.2) is 4.79 Å². The Hall–Kier alpha value is -2.05. The van der Waals surface area contributed by atoms with Gasteiger partial charge in [0, 0.05) is 30.7 Å². The number of esters is 1. The normalized spacial score (nSPS) is 16.2. The lowest BCUT2D eigenvalue weighted by molar-refractivity contribution is 0.0183. The van der Waals surface area contributed by atoms with E-state index in [1.165, 1.54) is 0 Å². The van der Waals surface area contributed by atoms with Crippen molar-refractivity contribution >= 4 is 22.6 Å². The molecule has 1 aromatic heterocycles. The maximum Gasteiger partial charge on any atom is 0.374 e. The maximum absolute atomic E-state index is 12.0. The van der Waals surface area contributed by atoms with Gasteiger partial charge in [-0.05, 0) is 24.3 Å². The molecule has 2 N–H and O–H groups in total. The molecule has 1 aromatic carbocycles. The second-order valence-electron chi connectivity index (χ2n) is 5.00. The van der Waals surface area contributed by atoms with E-state index in [-0.39, 0.29) is 5.76 Å². The van der Waals surface area contributed by atoms with Crippen LogP contribution in [0.1, 0.15) is 10.6 Å². The highest BCUT2D eigenvalue weighted by Gasteiger charge is 2.15. The summed E-state index contributed by atoms with van der Waals surface area (Å²) in [7, 11) is 0. The van der Waals surface area contributed by atoms with E-state index < -0.39 is 5.97 Å². The standard InChI is InChI=1S/C15H18N2O4/c16-12-1-2-13-11(9-12)10-14(21-13)15(18)20-8-5-17-3-6-19-7-4-17/h1-2,9-10H,3-8,16H2. The monoisotopic (exact) mass is 290 g/mol. The van der Waals surface area contributed by atoms with Crippen LogP contribution in [0.5, 0.6) is 0 Å². The third kappa shape index (κ3) is 3.34. The topological polar surface area (TPSA) is 77.9 Å². The summed E-state index contributed by atoms with van der Waals surface area (Å²) < 4.78 is 16.0. The van der Waals surface area contributed by atoms with E-state index in [9.17, 15) is 4.79 Å². The van der Waals surface area contributed by atoms with Gasteiger partial charge in [-0.15, -0.1) is 0 Å². The highest BCUT2D eigenvalue weighted by molar-refractivity contribution is 5.93. The molecule has 0 saturated carbocycles. The number of nitrogens with zero attached hydrogens (tertiary/aromatic N) is 1. The average molecular weight is 290 g/mol. The van der Waals surface area contributed by atoms with Gasteiger partial charge in [-0.2, -0.15) is 0 Å². The van der Waals surface area contributed by atoms with Crippen LogP contribution in [0, 0.1) is 0 Å². The van der Waals surface area contributed by atoms with E-state index >= 15 is 0 Å². The molecule has 0 amide bonds. The number of anilines is 1. The molecule has 0 radical (unpaired) electrons. The summed E-state index contributed by atoms with van der Waals surface area (Å²) in [6, 6.07) is 6.90. The lowest BCUT2D eigenvalue weighted by Gasteiger charge is -2.25. The van der Waals surface area contributed by atoms with Gasteiger partial charge in [-0.1, -0.05) is 0 Å². The largest absolute Gasteiger partial charge is 0.458 e. The van der Waals surface area contributed by atoms with E-state index in [1.54, 1.807) is 24.3 Å². The quantitative estimate of drug-likeness (QED) is 0.679. The van der Waals surface area contributed by atoms with Crippen LogP contribution < -0.4 is 5.73 Å². The summed E-state index contributed by atoms with van der Waals surface area (Å²) >= 11 is 0. The first kappa shape index (κ1) is 13.9. The molecule has 0 bridgehead atoms. The zero-order chi connectivity index (χ0) is 14.7. The van der Waals surface area contributed by atoms with E-state index in [1.807, 2.05) is 0 Å². The highest BCUT2D eigenvalue weighted by Crippen LogP contribution is 2.22. The van der Waals surface area contributed by atoms with Crippen molar-refractivity contribution in [2.75, 3.05) is 45.2 Å². The van der Waals surface area contributed by atoms with Crippen molar-refractivity contribution in [3.05, 3.63) is 30.0 Å². The number of carbonyl (C=O) groups is 1. The predicted octanol–water partition coefficient (Wildman–Crippen LogP) is 1.50. The lowest BCUT2D eigenvalue weighted by Crippen LogP contribution is -2.38. The third-order valence-electron chi connectivity index (χ3n) is 3.49. The van der Waals surface area contributed by atoms with Gasteiger partial charge >= 0.3 is 5.97 Å². The van der Waals surface area contributed by atoms with Gasteiger partial charge in [0.1, 0.15) is 12.2 Å². The van der Waals surface area contributed by atoms with Crippen molar-refractivity contribution in [1.82, 2.24) is 4.90 Å². The smallest absolute Gasteiger partial charge is 0.374 e. The van der Waals surface area contributed by atoms with Gasteiger partial charge in [0.05, 0.1) is 13.2 Å². The Morgan fingerprint density at radius 3 is 2.90 bits per heavy atom. The van der Waals surface area contributed by atoms with Gasteiger partial charge in [0.25, 0.3) is 0 Å². The van der Waals surface area contributed by atoms with Crippen molar-refractivity contribution in [2.24, 2.45) is 0 Å². The minimum atomic E-state index is -0.446. The second-order valence-corrected chi connectivity index (χ2v) is 5.00. The molecule has 112 valence electrons. The van der Waals surface area contributed by atoms with Crippen molar-refractivity contribution < 1.29 is 18.7 Å². The molecule has 1 aliphatic rings. The first-order valence-electron chi connectivity index (χ1n) is 6.99. The summed E-state index contributed by atoms with van der Waals surface area (Å²) in [4.78, 5) is 14.2. The molecule has 0 aliphatic carbocycles. The maximum atomic E-state index is 12.0. The van der Waals surface area contributed by atoms with Gasteiger partial charge in [-0.3, -0.25) is 4.90 Å². The van der Waals surface area contributed by atoms with Crippen LogP contribution in [0.3, 0.4) is 0 Å². The van der Waals surface area contributed by atoms with Crippen LogP contribution in [0.25, 0.3) is 11.0 Å². The fourth-order valence-corrected chi connectivity index (χ4v) is 2.33. The summed E-state index contributed by atoms with van der Waals surface area (Å²) in [5.41, 5.74) is 6.96. The number of carbonyl (C=O) groups excluding carboxylic acids is 1. The number of hydrogen-bond acceptors (Lipinski definition) is 6. The molecule has 1 fully saturated rings. The van der Waals surface area contributed by atoms with Crippen LogP contribution in [0.4, 0.5) is 5.69 Å². The molecule has 1 aliphatic heterocycles. The lowest BCUT2D eigenvalue weighted by atomic mass is 10.2. The Labute approximate surface area is 122 Å². The SMILES string of the molecule is Nc1ccc2oc(C(=O)OCCN3CCOCC3)cc2c1. The van der Waals surface area contributed by atoms with Crippen LogP contribution in [-0.2, 0) is 9.47 Å². The number of rotatable bonds is 4. The van der Waals surface area contributed by atoms with E-state index in [0.717, 1.165) is 31.7 Å². The molecule has 2 aromatic rings. The van der Waals surface area contributed by atoms with Crippen molar-refractivity contribution in [3.8, 4) is 0 Å². The Morgan fingerprint density at radius 1 is 1.29 bits per heavy atom. The Bertz CT molecular complexity index is 632. The number of ether oxygens (including phenoxy) is 2. The van der Waals surface area contributed by atoms with Crippen LogP contribution in [-0.4, -0.2) is 50.3 Å². The molecule has 2 heterocycles. The number of benzene rings is 1. The molecule has 0 unspecified atom stereocenters. The minimum absolute atomic E-state index is 0.206. The second kappa shape index (κ2) is 6.15. The number of nitrogens with two attached hydrogens (primary N) is 1. The third-order valence-corrected chi connectivity index (χ3v) is 3.49. The molecule has 21 heavy (non-hydrogen) atoms. The van der Waals surface area contributed by atoms with Gasteiger partial charge in [0.15, 0.2) is 0 Å². The number of fused-ring (bicyclic) bond motifs is 1. The van der Waals surface area contributed by atoms with Gasteiger partial charge in [0.2, 0.25) is 5.76 Å². The predicted molar refractivity (Wildman–Crippen MR) is 78.2 cm³/mol. The molecule has 1 saturated heterocycles. The zero-order valence-electron chi connectivity index (χ0n) is 11.7. The number of morpholine rings is 1. The molecular weight excluding hydrogens is 272 g/mol. The van der Waals surface area contributed by atoms with Crippen LogP contribution >= 0.6 is 0 Å². The Balaban J connectivity index is 1.56. The van der Waals surface area contributed by atoms with E-state index in [2.05, 4.69) is 4.90 Å². The summed E-state index contributed by atoms with van der Waals surface area (Å²) in [5.74, 6) is -0.240. The first-order chi connectivity index (χ1) is 10.2. The van der Waals surface area contributed by atoms with Crippen LogP contribution in [0.2, 0.25) is 0 Å². The molecule has 6 nitrogen and oxygen atoms in total. The highest BCUT2D eigenvalue weighted by atomic mass is 16.5. The van der Waals surface area contributed by atoms with Crippen molar-refractivity contribution in [2.45, 2.75) is 0 Å². The minimum Gasteiger partial charge on any atom is -0.458 e. The number of furan rings is 1. The summed E-state index contributed by atoms with van der Waals surface area (Å²) in [6.45, 7) is 4.28. The van der Waals surface area contributed by atoms with E-state index in [4.69, 9.17) is 19.6 Å². The number of hydrogen-bond donors (Lipinski definition) is 1. The molecule has 6 heteroatoms. The van der Waals surface area contributed by atoms with Crippen LogP contribution in [0.15, 0.2) is 28.7 Å². The fraction of sp³-hybridized carbons (Fsp3) is 0.400. The Morgan fingerprint density at radius 2 is 2.10 bits per heavy atom. The molecule has 0 atom stereocenters. The molecular formula is C15H18N2O4. The van der Waals surface area contributed by atoms with E-state index in [0.29, 0.717) is 24.4 Å². The van der Waals surface area contributed by atoms with Crippen molar-refractivity contribution in [3.63, 3.8) is 0 Å². The van der Waals surface area contributed by atoms with Gasteiger partial charge < -0.3 is 19.6 Å². The summed E-state index contributed by atoms with van der Waals surface area (Å²) in [6.07, 6.45) is 0. The van der Waals surface area contributed by atoms with Crippen molar-refractivity contribution in [1.29, 1.82) is 0 Å². The molecule has 3 rings (SSSR count). The number of nitrogen functional groups attached to an aromatic ring is 1. The average Bonchev–Trinajstić information content (AvgIpc) is 2.91. The Kier molecular flexibility index (Phi) is 4.08. The fourth-order valence-electron chi connectivity index (χ4n) is 2.33. The zero-order valence-corrected chi connectivity index (χ0v) is 11.7.